The Balaban J connectivity index is 1.79. The van der Waals surface area contributed by atoms with Crippen molar-refractivity contribution in [2.45, 2.75) is 41.0 Å². The van der Waals surface area contributed by atoms with E-state index in [1.54, 1.807) is 17.7 Å². The number of hydrogen-bond acceptors (Lipinski definition) is 7. The van der Waals surface area contributed by atoms with Crippen molar-refractivity contribution in [2.24, 2.45) is 5.92 Å². The standard InChI is InChI=1S/C33H34N4O5/c1-21(2)20-42-30-13-12-25(16-22(30)3)31-26(19-37(35-31)27-10-7-6-8-11-27)17-28-23(4)29(18-34)33(40)36(32(28)39)14-9-15-41-24(5)38/h6-8,10-13,16-17,19,21H,9,14-15,20H2,1-5H3/b28-17+. The summed E-state index contributed by atoms with van der Waals surface area (Å²) in [6, 6.07) is 17.4. The second kappa shape index (κ2) is 13.1. The van der Waals surface area contributed by atoms with Gasteiger partial charge in [-0.05, 0) is 73.7 Å². The molecule has 0 unspecified atom stereocenters. The molecule has 42 heavy (non-hydrogen) atoms. The Labute approximate surface area is 245 Å². The van der Waals surface area contributed by atoms with E-state index in [2.05, 4.69) is 13.8 Å². The van der Waals surface area contributed by atoms with Gasteiger partial charge in [0.2, 0.25) is 0 Å². The van der Waals surface area contributed by atoms with Gasteiger partial charge in [-0.25, -0.2) is 4.68 Å². The Kier molecular flexibility index (Phi) is 9.38. The van der Waals surface area contributed by atoms with Crippen LogP contribution >= 0.6 is 0 Å². The van der Waals surface area contributed by atoms with Gasteiger partial charge >= 0.3 is 5.97 Å². The first kappa shape index (κ1) is 30.0. The minimum Gasteiger partial charge on any atom is -0.493 e. The molecule has 0 saturated heterocycles. The predicted octanol–water partition coefficient (Wildman–Crippen LogP) is 5.43. The monoisotopic (exact) mass is 566 g/mol. The van der Waals surface area contributed by atoms with E-state index in [0.717, 1.165) is 27.5 Å². The first-order valence-corrected chi connectivity index (χ1v) is 13.8. The van der Waals surface area contributed by atoms with Crippen molar-refractivity contribution in [1.82, 2.24) is 14.7 Å². The number of imide groups is 1. The van der Waals surface area contributed by atoms with Gasteiger partial charge in [0, 0.05) is 36.4 Å². The number of ether oxygens (including phenoxy) is 2. The van der Waals surface area contributed by atoms with Crippen molar-refractivity contribution in [2.75, 3.05) is 19.8 Å². The smallest absolute Gasteiger partial charge is 0.302 e. The summed E-state index contributed by atoms with van der Waals surface area (Å²) in [5.41, 5.74) is 4.29. The van der Waals surface area contributed by atoms with E-state index in [4.69, 9.17) is 14.6 Å². The van der Waals surface area contributed by atoms with Gasteiger partial charge in [0.15, 0.2) is 0 Å². The van der Waals surface area contributed by atoms with Crippen LogP contribution in [-0.2, 0) is 19.1 Å². The summed E-state index contributed by atoms with van der Waals surface area (Å²) < 4.78 is 12.6. The largest absolute Gasteiger partial charge is 0.493 e. The third-order valence-electron chi connectivity index (χ3n) is 6.74. The fourth-order valence-electron chi connectivity index (χ4n) is 4.57. The number of esters is 1. The first-order chi connectivity index (χ1) is 20.1. The molecule has 0 aliphatic carbocycles. The second-order valence-electron chi connectivity index (χ2n) is 10.5. The highest BCUT2D eigenvalue weighted by atomic mass is 16.5. The van der Waals surface area contributed by atoms with Gasteiger partial charge in [-0.15, -0.1) is 0 Å². The van der Waals surface area contributed by atoms with Crippen LogP contribution < -0.4 is 4.74 Å². The molecule has 1 aliphatic rings. The minimum atomic E-state index is -0.659. The van der Waals surface area contributed by atoms with Crippen LogP contribution in [0.2, 0.25) is 0 Å². The van der Waals surface area contributed by atoms with Crippen LogP contribution in [0.1, 0.15) is 45.2 Å². The highest BCUT2D eigenvalue weighted by Crippen LogP contribution is 2.33. The number of carbonyl (C=O) groups excluding carboxylic acids is 3. The van der Waals surface area contributed by atoms with Gasteiger partial charge in [0.05, 0.1) is 24.6 Å². The topological polar surface area (TPSA) is 115 Å². The van der Waals surface area contributed by atoms with E-state index < -0.39 is 17.8 Å². The summed E-state index contributed by atoms with van der Waals surface area (Å²) in [6.45, 7) is 9.71. The van der Waals surface area contributed by atoms with E-state index >= 15 is 0 Å². The normalized spacial score (nSPS) is 14.5. The first-order valence-electron chi connectivity index (χ1n) is 13.8. The van der Waals surface area contributed by atoms with Gasteiger partial charge in [0.25, 0.3) is 11.8 Å². The molecule has 0 atom stereocenters. The second-order valence-corrected chi connectivity index (χ2v) is 10.5. The lowest BCUT2D eigenvalue weighted by molar-refractivity contribution is -0.141. The lowest BCUT2D eigenvalue weighted by Crippen LogP contribution is -2.43. The van der Waals surface area contributed by atoms with Crippen molar-refractivity contribution in [1.29, 1.82) is 5.26 Å². The molecule has 3 aromatic rings. The summed E-state index contributed by atoms with van der Waals surface area (Å²) in [5, 5.41) is 14.7. The molecule has 0 saturated carbocycles. The fourth-order valence-corrected chi connectivity index (χ4v) is 4.57. The molecule has 9 nitrogen and oxygen atoms in total. The number of para-hydroxylation sites is 1. The van der Waals surface area contributed by atoms with E-state index in [9.17, 15) is 19.6 Å². The summed E-state index contributed by atoms with van der Waals surface area (Å²) in [7, 11) is 0. The highest BCUT2D eigenvalue weighted by Gasteiger charge is 2.35. The van der Waals surface area contributed by atoms with E-state index in [-0.39, 0.29) is 30.7 Å². The van der Waals surface area contributed by atoms with Gasteiger partial charge < -0.3 is 9.47 Å². The average molecular weight is 567 g/mol. The van der Waals surface area contributed by atoms with Gasteiger partial charge in [0.1, 0.15) is 17.4 Å². The fraction of sp³-hybridized carbons (Fsp3) is 0.303. The number of rotatable bonds is 10. The maximum Gasteiger partial charge on any atom is 0.302 e. The molecule has 1 aromatic heterocycles. The maximum atomic E-state index is 13.6. The molecule has 0 radical (unpaired) electrons. The zero-order valence-electron chi connectivity index (χ0n) is 24.5. The zero-order chi connectivity index (χ0) is 30.4. The van der Waals surface area contributed by atoms with Gasteiger partial charge in [-0.3, -0.25) is 19.3 Å². The molecule has 0 bridgehead atoms. The van der Waals surface area contributed by atoms with Crippen molar-refractivity contribution < 1.29 is 23.9 Å². The lowest BCUT2D eigenvalue weighted by Gasteiger charge is -2.27. The molecule has 216 valence electrons. The summed E-state index contributed by atoms with van der Waals surface area (Å²) in [4.78, 5) is 38.8. The van der Waals surface area contributed by atoms with Crippen LogP contribution in [0.25, 0.3) is 23.0 Å². The number of nitrogens with zero attached hydrogens (tertiary/aromatic N) is 4. The van der Waals surface area contributed by atoms with Crippen LogP contribution in [-0.4, -0.2) is 52.2 Å². The number of amides is 2. The van der Waals surface area contributed by atoms with Gasteiger partial charge in [-0.2, -0.15) is 10.4 Å². The molecule has 0 N–H and O–H groups in total. The Morgan fingerprint density at radius 1 is 1.10 bits per heavy atom. The lowest BCUT2D eigenvalue weighted by atomic mass is 9.93. The van der Waals surface area contributed by atoms with Crippen molar-refractivity contribution >= 4 is 23.9 Å². The van der Waals surface area contributed by atoms with E-state index in [1.807, 2.05) is 67.7 Å². The van der Waals surface area contributed by atoms with Crippen molar-refractivity contribution in [3.05, 3.63) is 82.6 Å². The summed E-state index contributed by atoms with van der Waals surface area (Å²) in [5.74, 6) is -0.450. The molecule has 9 heteroatoms. The number of nitriles is 1. The zero-order valence-corrected chi connectivity index (χ0v) is 24.5. The minimum absolute atomic E-state index is 0.00785. The predicted molar refractivity (Wildman–Crippen MR) is 158 cm³/mol. The Bertz CT molecular complexity index is 1610. The molecule has 0 fully saturated rings. The van der Waals surface area contributed by atoms with Crippen LogP contribution in [0.15, 0.2) is 71.4 Å². The number of carbonyl (C=O) groups is 3. The summed E-state index contributed by atoms with van der Waals surface area (Å²) in [6.07, 6.45) is 3.76. The van der Waals surface area contributed by atoms with Crippen LogP contribution in [0.4, 0.5) is 0 Å². The third kappa shape index (κ3) is 6.66. The third-order valence-corrected chi connectivity index (χ3v) is 6.74. The van der Waals surface area contributed by atoms with E-state index in [0.29, 0.717) is 29.4 Å². The molecular formula is C33H34N4O5. The van der Waals surface area contributed by atoms with Crippen molar-refractivity contribution in [3.8, 4) is 28.8 Å². The molecule has 4 rings (SSSR count). The van der Waals surface area contributed by atoms with Gasteiger partial charge in [-0.1, -0.05) is 32.0 Å². The number of aryl methyl sites for hydroxylation is 1. The van der Waals surface area contributed by atoms with Crippen LogP contribution in [0.5, 0.6) is 5.75 Å². The molecule has 0 spiro atoms. The molecule has 2 amide bonds. The molecule has 2 heterocycles. The quantitative estimate of drug-likeness (QED) is 0.139. The number of benzene rings is 2. The SMILES string of the molecule is CC(=O)OCCCN1C(=O)C(C#N)=C(C)/C(=C\c2cn(-c3ccccc3)nc2-c2ccc(OCC(C)C)c(C)c2)C1=O. The molecular weight excluding hydrogens is 532 g/mol. The number of hydrogen-bond donors (Lipinski definition) is 0. The van der Waals surface area contributed by atoms with Crippen LogP contribution in [0, 0.1) is 24.2 Å². The maximum absolute atomic E-state index is 13.6. The van der Waals surface area contributed by atoms with E-state index in [1.165, 1.54) is 6.92 Å². The molecule has 2 aromatic carbocycles. The number of aromatic nitrogens is 2. The summed E-state index contributed by atoms with van der Waals surface area (Å²) >= 11 is 0. The van der Waals surface area contributed by atoms with Crippen LogP contribution in [0.3, 0.4) is 0 Å². The Morgan fingerprint density at radius 3 is 2.48 bits per heavy atom. The van der Waals surface area contributed by atoms with Crippen molar-refractivity contribution in [3.63, 3.8) is 0 Å². The molecule has 1 aliphatic heterocycles. The Hall–Kier alpha value is -4.97. The Morgan fingerprint density at radius 2 is 1.83 bits per heavy atom. The highest BCUT2D eigenvalue weighted by molar-refractivity contribution is 6.19. The average Bonchev–Trinajstić information content (AvgIpc) is 3.38.